The zero-order valence-electron chi connectivity index (χ0n) is 17.6. The van der Waals surface area contributed by atoms with Crippen LogP contribution in [0.5, 0.6) is 17.2 Å². The zero-order chi connectivity index (χ0) is 21.6. The first-order chi connectivity index (χ1) is 15.1. The first kappa shape index (κ1) is 20.4. The van der Waals surface area contributed by atoms with E-state index in [0.29, 0.717) is 30.3 Å². The Hall–Kier alpha value is -3.87. The van der Waals surface area contributed by atoms with Crippen molar-refractivity contribution in [2.24, 2.45) is 0 Å². The standard InChI is InChI=1S/C24H25N3O4/c1-27(2)20-8-4-5-17(12-20)14-25-24(28)26-19-7-3-6-18(11-19)15-29-21-9-10-22-23(13-21)31-16-30-22/h3-13H,14-16H2,1-2H3,(H2,25,26,28). The minimum atomic E-state index is -0.260. The van der Waals surface area contributed by atoms with Crippen molar-refractivity contribution in [2.45, 2.75) is 13.2 Å². The summed E-state index contributed by atoms with van der Waals surface area (Å²) in [6.45, 7) is 1.05. The molecule has 0 bridgehead atoms. The minimum Gasteiger partial charge on any atom is -0.489 e. The van der Waals surface area contributed by atoms with E-state index in [1.807, 2.05) is 85.7 Å². The van der Waals surface area contributed by atoms with E-state index in [1.54, 1.807) is 0 Å². The van der Waals surface area contributed by atoms with Gasteiger partial charge in [0.05, 0.1) is 0 Å². The Kier molecular flexibility index (Phi) is 6.12. The van der Waals surface area contributed by atoms with Crippen LogP contribution in [0.15, 0.2) is 66.7 Å². The maximum Gasteiger partial charge on any atom is 0.319 e. The van der Waals surface area contributed by atoms with E-state index in [1.165, 1.54) is 0 Å². The van der Waals surface area contributed by atoms with E-state index in [9.17, 15) is 4.79 Å². The lowest BCUT2D eigenvalue weighted by Crippen LogP contribution is -2.28. The molecule has 7 nitrogen and oxygen atoms in total. The van der Waals surface area contributed by atoms with Crippen LogP contribution in [0, 0.1) is 0 Å². The van der Waals surface area contributed by atoms with Gasteiger partial charge in [-0.3, -0.25) is 0 Å². The highest BCUT2D eigenvalue weighted by Crippen LogP contribution is 2.35. The molecule has 3 aromatic rings. The van der Waals surface area contributed by atoms with Crippen molar-refractivity contribution in [1.82, 2.24) is 5.32 Å². The topological polar surface area (TPSA) is 72.1 Å². The number of nitrogens with one attached hydrogen (secondary N) is 2. The number of carbonyl (C=O) groups excluding carboxylic acids is 1. The molecule has 0 aliphatic carbocycles. The van der Waals surface area contributed by atoms with Gasteiger partial charge in [-0.25, -0.2) is 4.79 Å². The lowest BCUT2D eigenvalue weighted by molar-refractivity contribution is 0.173. The summed E-state index contributed by atoms with van der Waals surface area (Å²) in [5.41, 5.74) is 3.77. The van der Waals surface area contributed by atoms with Gasteiger partial charge in [-0.2, -0.15) is 0 Å². The van der Waals surface area contributed by atoms with Crippen LogP contribution in [0.25, 0.3) is 0 Å². The summed E-state index contributed by atoms with van der Waals surface area (Å²) >= 11 is 0. The van der Waals surface area contributed by atoms with Gasteiger partial charge in [-0.05, 0) is 47.5 Å². The molecule has 1 aliphatic heterocycles. The number of rotatable bonds is 7. The summed E-state index contributed by atoms with van der Waals surface area (Å²) in [7, 11) is 3.98. The van der Waals surface area contributed by atoms with Gasteiger partial charge < -0.3 is 29.7 Å². The zero-order valence-corrected chi connectivity index (χ0v) is 17.6. The first-order valence-electron chi connectivity index (χ1n) is 9.99. The van der Waals surface area contributed by atoms with Crippen molar-refractivity contribution >= 4 is 17.4 Å². The van der Waals surface area contributed by atoms with E-state index >= 15 is 0 Å². The summed E-state index contributed by atoms with van der Waals surface area (Å²) in [6.07, 6.45) is 0. The Balaban J connectivity index is 1.29. The molecule has 0 atom stereocenters. The van der Waals surface area contributed by atoms with Crippen LogP contribution < -0.4 is 29.7 Å². The molecule has 2 amide bonds. The van der Waals surface area contributed by atoms with E-state index in [2.05, 4.69) is 10.6 Å². The number of hydrogen-bond acceptors (Lipinski definition) is 5. The Morgan fingerprint density at radius 3 is 2.65 bits per heavy atom. The number of benzene rings is 3. The van der Waals surface area contributed by atoms with Crippen LogP contribution in [0.1, 0.15) is 11.1 Å². The number of nitrogens with zero attached hydrogens (tertiary/aromatic N) is 1. The van der Waals surface area contributed by atoms with Crippen LogP contribution in [0.4, 0.5) is 16.2 Å². The predicted molar refractivity (Wildman–Crippen MR) is 120 cm³/mol. The lowest BCUT2D eigenvalue weighted by atomic mass is 10.2. The lowest BCUT2D eigenvalue weighted by Gasteiger charge is -2.14. The number of hydrogen-bond donors (Lipinski definition) is 2. The average molecular weight is 419 g/mol. The minimum absolute atomic E-state index is 0.232. The Morgan fingerprint density at radius 2 is 1.77 bits per heavy atom. The van der Waals surface area contributed by atoms with Gasteiger partial charge >= 0.3 is 6.03 Å². The normalized spacial score (nSPS) is 11.7. The molecule has 0 saturated carbocycles. The van der Waals surface area contributed by atoms with Crippen molar-refractivity contribution in [3.8, 4) is 17.2 Å². The molecule has 2 N–H and O–H groups in total. The molecule has 0 unspecified atom stereocenters. The SMILES string of the molecule is CN(C)c1cccc(CNC(=O)Nc2cccc(COc3ccc4c(c3)OCO4)c2)c1. The first-order valence-corrected chi connectivity index (χ1v) is 9.99. The number of carbonyl (C=O) groups is 1. The van der Waals surface area contributed by atoms with Crippen molar-refractivity contribution in [2.75, 3.05) is 31.1 Å². The van der Waals surface area contributed by atoms with E-state index < -0.39 is 0 Å². The molecule has 3 aromatic carbocycles. The molecular weight excluding hydrogens is 394 g/mol. The van der Waals surface area contributed by atoms with Gasteiger partial charge in [0, 0.05) is 38.1 Å². The van der Waals surface area contributed by atoms with Gasteiger partial charge in [0.2, 0.25) is 6.79 Å². The Morgan fingerprint density at radius 1 is 0.968 bits per heavy atom. The quantitative estimate of drug-likeness (QED) is 0.595. The summed E-state index contributed by atoms with van der Waals surface area (Å²) in [6, 6.07) is 20.8. The van der Waals surface area contributed by atoms with Gasteiger partial charge in [-0.1, -0.05) is 24.3 Å². The molecule has 4 rings (SSSR count). The molecule has 1 heterocycles. The Bertz CT molecular complexity index is 1070. The highest BCUT2D eigenvalue weighted by atomic mass is 16.7. The average Bonchev–Trinajstić information content (AvgIpc) is 3.25. The molecular formula is C24H25N3O4. The fraction of sp³-hybridized carbons (Fsp3) is 0.208. The summed E-state index contributed by atoms with van der Waals surface area (Å²) in [5, 5.41) is 5.76. The number of anilines is 2. The monoisotopic (exact) mass is 419 g/mol. The molecule has 0 aromatic heterocycles. The number of fused-ring (bicyclic) bond motifs is 1. The van der Waals surface area contributed by atoms with Crippen molar-refractivity contribution in [3.05, 3.63) is 77.9 Å². The molecule has 0 spiro atoms. The van der Waals surface area contributed by atoms with Crippen LogP contribution in [0.3, 0.4) is 0 Å². The molecule has 0 saturated heterocycles. The fourth-order valence-corrected chi connectivity index (χ4v) is 3.17. The van der Waals surface area contributed by atoms with Crippen molar-refractivity contribution in [3.63, 3.8) is 0 Å². The number of ether oxygens (including phenoxy) is 3. The van der Waals surface area contributed by atoms with Crippen molar-refractivity contribution < 1.29 is 19.0 Å². The van der Waals surface area contributed by atoms with Gasteiger partial charge in [0.25, 0.3) is 0 Å². The third-order valence-corrected chi connectivity index (χ3v) is 4.81. The molecule has 160 valence electrons. The third-order valence-electron chi connectivity index (χ3n) is 4.81. The third kappa shape index (κ3) is 5.39. The highest BCUT2D eigenvalue weighted by molar-refractivity contribution is 5.89. The maximum absolute atomic E-state index is 12.3. The van der Waals surface area contributed by atoms with Crippen LogP contribution >= 0.6 is 0 Å². The molecule has 1 aliphatic rings. The molecule has 0 radical (unpaired) electrons. The fourth-order valence-electron chi connectivity index (χ4n) is 3.17. The maximum atomic E-state index is 12.3. The smallest absolute Gasteiger partial charge is 0.319 e. The summed E-state index contributed by atoms with van der Waals surface area (Å²) < 4.78 is 16.5. The second-order valence-corrected chi connectivity index (χ2v) is 7.38. The Labute approximate surface area is 181 Å². The van der Waals surface area contributed by atoms with Gasteiger partial charge in [0.15, 0.2) is 11.5 Å². The summed E-state index contributed by atoms with van der Waals surface area (Å²) in [4.78, 5) is 14.3. The van der Waals surface area contributed by atoms with Crippen molar-refractivity contribution in [1.29, 1.82) is 0 Å². The number of urea groups is 1. The predicted octanol–water partition coefficient (Wildman–Crippen LogP) is 4.38. The molecule has 7 heteroatoms. The highest BCUT2D eigenvalue weighted by Gasteiger charge is 2.13. The summed E-state index contributed by atoms with van der Waals surface area (Å²) in [5.74, 6) is 2.10. The van der Waals surface area contributed by atoms with Gasteiger partial charge in [0.1, 0.15) is 12.4 Å². The molecule has 0 fully saturated rings. The van der Waals surface area contributed by atoms with Crippen LogP contribution in [-0.2, 0) is 13.2 Å². The van der Waals surface area contributed by atoms with E-state index in [-0.39, 0.29) is 12.8 Å². The van der Waals surface area contributed by atoms with Crippen LogP contribution in [-0.4, -0.2) is 26.9 Å². The second-order valence-electron chi connectivity index (χ2n) is 7.38. The van der Waals surface area contributed by atoms with E-state index in [4.69, 9.17) is 14.2 Å². The van der Waals surface area contributed by atoms with Gasteiger partial charge in [-0.15, -0.1) is 0 Å². The molecule has 31 heavy (non-hydrogen) atoms. The second kappa shape index (κ2) is 9.30. The van der Waals surface area contributed by atoms with Crippen LogP contribution in [0.2, 0.25) is 0 Å². The number of amides is 2. The van der Waals surface area contributed by atoms with E-state index in [0.717, 1.165) is 22.6 Å². The largest absolute Gasteiger partial charge is 0.489 e.